The second-order valence-electron chi connectivity index (χ2n) is 6.15. The summed E-state index contributed by atoms with van der Waals surface area (Å²) >= 11 is 0. The van der Waals surface area contributed by atoms with Gasteiger partial charge in [-0.1, -0.05) is 49.6 Å². The maximum absolute atomic E-state index is 11.2. The molecule has 5 nitrogen and oxygen atoms in total. The smallest absolute Gasteiger partial charge is 0.209 e. The molecule has 0 fully saturated rings. The zero-order chi connectivity index (χ0) is 18.0. The van der Waals surface area contributed by atoms with Crippen LogP contribution in [0.2, 0.25) is 0 Å². The third-order valence-corrected chi connectivity index (χ3v) is 4.58. The van der Waals surface area contributed by atoms with Crippen molar-refractivity contribution in [1.29, 1.82) is 0 Å². The van der Waals surface area contributed by atoms with Crippen molar-refractivity contribution in [3.05, 3.63) is 72.6 Å². The average molecular weight is 355 g/mol. The van der Waals surface area contributed by atoms with E-state index in [1.54, 1.807) is 0 Å². The molecule has 1 aliphatic heterocycles. The molecule has 0 saturated carbocycles. The first kappa shape index (κ1) is 17.3. The fourth-order valence-corrected chi connectivity index (χ4v) is 3.19. The van der Waals surface area contributed by atoms with E-state index >= 15 is 0 Å². The van der Waals surface area contributed by atoms with Crippen LogP contribution in [-0.4, -0.2) is 14.7 Å². The van der Waals surface area contributed by atoms with E-state index < -0.39 is 10.0 Å². The van der Waals surface area contributed by atoms with Crippen LogP contribution in [0.5, 0.6) is 0 Å². The number of hydrogen-bond donors (Lipinski definition) is 3. The van der Waals surface area contributed by atoms with Crippen LogP contribution < -0.4 is 15.4 Å². The summed E-state index contributed by atoms with van der Waals surface area (Å²) < 4.78 is 24.9. The molecule has 0 spiro atoms. The van der Waals surface area contributed by atoms with Crippen LogP contribution >= 0.6 is 0 Å². The highest BCUT2D eigenvalue weighted by atomic mass is 32.2. The molecule has 0 amide bonds. The molecule has 0 aromatic heterocycles. The van der Waals surface area contributed by atoms with Crippen molar-refractivity contribution < 1.29 is 8.42 Å². The summed E-state index contributed by atoms with van der Waals surface area (Å²) in [6.45, 7) is 8.33. The van der Waals surface area contributed by atoms with Crippen molar-refractivity contribution >= 4 is 21.4 Å². The van der Waals surface area contributed by atoms with E-state index in [0.717, 1.165) is 45.7 Å². The number of nitrogens with one attached hydrogen (secondary N) is 3. The molecule has 0 atom stereocenters. The monoisotopic (exact) mass is 355 g/mol. The van der Waals surface area contributed by atoms with Crippen molar-refractivity contribution in [1.82, 2.24) is 4.72 Å². The van der Waals surface area contributed by atoms with Gasteiger partial charge in [0.25, 0.3) is 0 Å². The molecule has 0 saturated heterocycles. The van der Waals surface area contributed by atoms with E-state index in [1.165, 1.54) is 0 Å². The Morgan fingerprint density at radius 3 is 2.40 bits per heavy atom. The molecule has 1 heterocycles. The highest BCUT2D eigenvalue weighted by Gasteiger charge is 2.15. The molecular formula is C19H21N3O2S. The van der Waals surface area contributed by atoms with Gasteiger partial charge in [-0.2, -0.15) is 0 Å². The molecule has 25 heavy (non-hydrogen) atoms. The van der Waals surface area contributed by atoms with Crippen LogP contribution in [0.3, 0.4) is 0 Å². The maximum Gasteiger partial charge on any atom is 0.209 e. The van der Waals surface area contributed by atoms with E-state index in [4.69, 9.17) is 0 Å². The topological polar surface area (TPSA) is 70.2 Å². The number of sulfonamides is 1. The molecule has 6 heteroatoms. The predicted molar refractivity (Wildman–Crippen MR) is 104 cm³/mol. The average Bonchev–Trinajstić information content (AvgIpc) is 2.68. The van der Waals surface area contributed by atoms with Gasteiger partial charge in [0.1, 0.15) is 0 Å². The molecular weight excluding hydrogens is 334 g/mol. The minimum atomic E-state index is -3.20. The normalized spacial score (nSPS) is 14.3. The Balaban J connectivity index is 1.91. The Hall–Kier alpha value is -2.57. The lowest BCUT2D eigenvalue weighted by Crippen LogP contribution is -2.21. The lowest BCUT2D eigenvalue weighted by molar-refractivity contribution is 0.587. The van der Waals surface area contributed by atoms with Crippen molar-refractivity contribution in [3.8, 4) is 11.1 Å². The molecule has 130 valence electrons. The minimum absolute atomic E-state index is 0.280. The maximum atomic E-state index is 11.2. The highest BCUT2D eigenvalue weighted by Crippen LogP contribution is 2.38. The van der Waals surface area contributed by atoms with Crippen LogP contribution in [-0.2, 0) is 16.6 Å². The predicted octanol–water partition coefficient (Wildman–Crippen LogP) is 3.66. The summed E-state index contributed by atoms with van der Waals surface area (Å²) in [6, 6.07) is 13.8. The van der Waals surface area contributed by atoms with Crippen LogP contribution in [0.4, 0.5) is 11.4 Å². The van der Waals surface area contributed by atoms with Crippen LogP contribution in [0, 0.1) is 0 Å². The van der Waals surface area contributed by atoms with Crippen molar-refractivity contribution in [2.24, 2.45) is 0 Å². The third-order valence-electron chi connectivity index (χ3n) is 3.91. The Bertz CT molecular complexity index is 932. The zero-order valence-corrected chi connectivity index (χ0v) is 14.9. The van der Waals surface area contributed by atoms with E-state index in [2.05, 4.69) is 28.5 Å². The lowest BCUT2D eigenvalue weighted by Gasteiger charge is -2.15. The fourth-order valence-electron chi connectivity index (χ4n) is 2.76. The Morgan fingerprint density at radius 1 is 1.04 bits per heavy atom. The van der Waals surface area contributed by atoms with Gasteiger partial charge in [-0.15, -0.1) is 0 Å². The number of benzene rings is 2. The van der Waals surface area contributed by atoms with Crippen molar-refractivity contribution in [2.75, 3.05) is 16.9 Å². The molecule has 0 radical (unpaired) electrons. The molecule has 0 aliphatic carbocycles. The SMILES string of the molecule is C=C1CC(=C)Nc2c(cccc2-c2ccc(CNS(C)(=O)=O)cc2)N1. The quantitative estimate of drug-likeness (QED) is 0.783. The second kappa shape index (κ2) is 6.74. The van der Waals surface area contributed by atoms with E-state index in [1.807, 2.05) is 42.5 Å². The fraction of sp³-hybridized carbons (Fsp3) is 0.158. The molecule has 3 N–H and O–H groups in total. The number of rotatable bonds is 4. The Labute approximate surface area is 148 Å². The van der Waals surface area contributed by atoms with Crippen molar-refractivity contribution in [3.63, 3.8) is 0 Å². The molecule has 0 unspecified atom stereocenters. The van der Waals surface area contributed by atoms with E-state index in [0.29, 0.717) is 6.42 Å². The third kappa shape index (κ3) is 4.29. The summed E-state index contributed by atoms with van der Waals surface area (Å²) in [7, 11) is -3.20. The van der Waals surface area contributed by atoms with Crippen LogP contribution in [0.15, 0.2) is 67.0 Å². The van der Waals surface area contributed by atoms with Gasteiger partial charge in [0.05, 0.1) is 17.6 Å². The van der Waals surface area contributed by atoms with Gasteiger partial charge in [-0.05, 0) is 17.2 Å². The van der Waals surface area contributed by atoms with Gasteiger partial charge >= 0.3 is 0 Å². The first-order valence-corrected chi connectivity index (χ1v) is 9.77. The van der Waals surface area contributed by atoms with Gasteiger partial charge in [0.15, 0.2) is 0 Å². The number of para-hydroxylation sites is 1. The second-order valence-corrected chi connectivity index (χ2v) is 7.99. The summed E-state index contributed by atoms with van der Waals surface area (Å²) in [5, 5.41) is 6.69. The minimum Gasteiger partial charge on any atom is -0.357 e. The largest absolute Gasteiger partial charge is 0.357 e. The summed E-state index contributed by atoms with van der Waals surface area (Å²) in [5.74, 6) is 0. The van der Waals surface area contributed by atoms with Gasteiger partial charge in [-0.3, -0.25) is 0 Å². The summed E-state index contributed by atoms with van der Waals surface area (Å²) in [4.78, 5) is 0. The summed E-state index contributed by atoms with van der Waals surface area (Å²) in [6.07, 6.45) is 1.82. The molecule has 2 aromatic rings. The zero-order valence-electron chi connectivity index (χ0n) is 14.1. The number of anilines is 2. The highest BCUT2D eigenvalue weighted by molar-refractivity contribution is 7.88. The lowest BCUT2D eigenvalue weighted by atomic mass is 10.0. The summed E-state index contributed by atoms with van der Waals surface area (Å²) in [5.41, 5.74) is 6.70. The van der Waals surface area contributed by atoms with E-state index in [-0.39, 0.29) is 6.54 Å². The molecule has 3 rings (SSSR count). The molecule has 0 bridgehead atoms. The molecule has 1 aliphatic rings. The van der Waals surface area contributed by atoms with Gasteiger partial charge in [0.2, 0.25) is 10.0 Å². The van der Waals surface area contributed by atoms with Crippen molar-refractivity contribution in [2.45, 2.75) is 13.0 Å². The first-order chi connectivity index (χ1) is 11.8. The van der Waals surface area contributed by atoms with Gasteiger partial charge < -0.3 is 10.6 Å². The first-order valence-electron chi connectivity index (χ1n) is 7.88. The van der Waals surface area contributed by atoms with Crippen LogP contribution in [0.1, 0.15) is 12.0 Å². The van der Waals surface area contributed by atoms with Gasteiger partial charge in [0, 0.05) is 29.9 Å². The Morgan fingerprint density at radius 2 is 1.72 bits per heavy atom. The van der Waals surface area contributed by atoms with Crippen LogP contribution in [0.25, 0.3) is 11.1 Å². The van der Waals surface area contributed by atoms with Gasteiger partial charge in [-0.25, -0.2) is 13.1 Å². The molecule has 2 aromatic carbocycles. The standard InChI is InChI=1S/C19H21N3O2S/c1-13-11-14(2)22-19-17(5-4-6-18(19)21-13)16-9-7-15(8-10-16)12-20-25(3,23)24/h4-10,20-22H,1-2,11-12H2,3H3. The Kier molecular flexibility index (Phi) is 4.65. The number of hydrogen-bond acceptors (Lipinski definition) is 4. The van der Waals surface area contributed by atoms with E-state index in [9.17, 15) is 8.42 Å². The number of fused-ring (bicyclic) bond motifs is 1.